The van der Waals surface area contributed by atoms with Crippen molar-refractivity contribution in [3.8, 4) is 5.75 Å². The molecule has 0 saturated heterocycles. The second kappa shape index (κ2) is 9.27. The van der Waals surface area contributed by atoms with Gasteiger partial charge in [-0.15, -0.1) is 0 Å². The number of esters is 1. The van der Waals surface area contributed by atoms with Gasteiger partial charge in [-0.25, -0.2) is 9.59 Å². The van der Waals surface area contributed by atoms with Gasteiger partial charge in [0.05, 0.1) is 24.3 Å². The zero-order valence-corrected chi connectivity index (χ0v) is 15.9. The number of allylic oxidation sites excluding steroid dienone is 1. The molecule has 1 aliphatic rings. The van der Waals surface area contributed by atoms with Gasteiger partial charge in [0.15, 0.2) is 0 Å². The lowest BCUT2D eigenvalue weighted by Crippen LogP contribution is -2.46. The Morgan fingerprint density at radius 3 is 2.62 bits per heavy atom. The molecule has 1 heterocycles. The highest BCUT2D eigenvalue weighted by Crippen LogP contribution is 2.34. The molecular formula is C20H28N2O4. The number of benzene rings is 1. The van der Waals surface area contributed by atoms with Gasteiger partial charge in [-0.05, 0) is 32.8 Å². The lowest BCUT2D eigenvalue weighted by Gasteiger charge is -2.30. The SMILES string of the molecule is CCCCOc1ccccc1C1NC(=O)NC(CC)=C1C(=O)OC(C)C. The van der Waals surface area contributed by atoms with Crippen molar-refractivity contribution >= 4 is 12.0 Å². The molecule has 0 aliphatic carbocycles. The van der Waals surface area contributed by atoms with E-state index in [1.165, 1.54) is 0 Å². The van der Waals surface area contributed by atoms with Gasteiger partial charge in [0.2, 0.25) is 0 Å². The van der Waals surface area contributed by atoms with Crippen LogP contribution in [0.1, 0.15) is 58.6 Å². The minimum Gasteiger partial charge on any atom is -0.493 e. The standard InChI is InChI=1S/C20H28N2O4/c1-5-7-12-25-16-11-9-8-10-14(16)18-17(19(23)26-13(3)4)15(6-2)21-20(24)22-18/h8-11,13,18H,5-7,12H2,1-4H3,(H2,21,22,24). The molecule has 6 nitrogen and oxygen atoms in total. The van der Waals surface area contributed by atoms with Gasteiger partial charge in [0.25, 0.3) is 0 Å². The van der Waals surface area contributed by atoms with Crippen molar-refractivity contribution in [3.63, 3.8) is 0 Å². The summed E-state index contributed by atoms with van der Waals surface area (Å²) in [5.74, 6) is 0.233. The van der Waals surface area contributed by atoms with E-state index in [4.69, 9.17) is 9.47 Å². The monoisotopic (exact) mass is 360 g/mol. The van der Waals surface area contributed by atoms with Crippen LogP contribution in [0.5, 0.6) is 5.75 Å². The average molecular weight is 360 g/mol. The topological polar surface area (TPSA) is 76.7 Å². The molecule has 2 rings (SSSR count). The third-order valence-corrected chi connectivity index (χ3v) is 4.06. The molecule has 1 aromatic rings. The molecule has 0 bridgehead atoms. The van der Waals surface area contributed by atoms with Gasteiger partial charge in [-0.1, -0.05) is 38.5 Å². The third-order valence-electron chi connectivity index (χ3n) is 4.06. The molecule has 1 aliphatic heterocycles. The summed E-state index contributed by atoms with van der Waals surface area (Å²) in [5.41, 5.74) is 1.75. The fourth-order valence-electron chi connectivity index (χ4n) is 2.83. The minimum absolute atomic E-state index is 0.248. The predicted molar refractivity (Wildman–Crippen MR) is 99.8 cm³/mol. The zero-order valence-electron chi connectivity index (χ0n) is 15.9. The Hall–Kier alpha value is -2.50. The van der Waals surface area contributed by atoms with Crippen LogP contribution < -0.4 is 15.4 Å². The molecule has 1 unspecified atom stereocenters. The van der Waals surface area contributed by atoms with Crippen molar-refractivity contribution in [2.45, 2.75) is 59.1 Å². The van der Waals surface area contributed by atoms with Crippen molar-refractivity contribution < 1.29 is 19.1 Å². The summed E-state index contributed by atoms with van der Waals surface area (Å²) < 4.78 is 11.3. The van der Waals surface area contributed by atoms with Crippen LogP contribution in [0.2, 0.25) is 0 Å². The summed E-state index contributed by atoms with van der Waals surface area (Å²) in [7, 11) is 0. The number of carbonyl (C=O) groups excluding carboxylic acids is 2. The van der Waals surface area contributed by atoms with E-state index in [1.807, 2.05) is 31.2 Å². The summed E-state index contributed by atoms with van der Waals surface area (Å²) in [6.45, 7) is 8.18. The molecule has 142 valence electrons. The molecule has 2 N–H and O–H groups in total. The second-order valence-electron chi connectivity index (χ2n) is 6.47. The van der Waals surface area contributed by atoms with Crippen LogP contribution in [0.4, 0.5) is 4.79 Å². The summed E-state index contributed by atoms with van der Waals surface area (Å²) in [5, 5.41) is 5.57. The van der Waals surface area contributed by atoms with Crippen LogP contribution in [0.25, 0.3) is 0 Å². The van der Waals surface area contributed by atoms with Crippen molar-refractivity contribution in [3.05, 3.63) is 41.1 Å². The van der Waals surface area contributed by atoms with E-state index in [-0.39, 0.29) is 12.1 Å². The van der Waals surface area contributed by atoms with E-state index in [0.717, 1.165) is 18.4 Å². The van der Waals surface area contributed by atoms with Crippen molar-refractivity contribution in [1.29, 1.82) is 0 Å². The van der Waals surface area contributed by atoms with Crippen LogP contribution in [0, 0.1) is 0 Å². The van der Waals surface area contributed by atoms with E-state index >= 15 is 0 Å². The molecule has 0 saturated carbocycles. The fourth-order valence-corrected chi connectivity index (χ4v) is 2.83. The molecule has 1 atom stereocenters. The first-order valence-corrected chi connectivity index (χ1v) is 9.21. The van der Waals surface area contributed by atoms with Crippen LogP contribution in [0.15, 0.2) is 35.5 Å². The maximum Gasteiger partial charge on any atom is 0.338 e. The maximum absolute atomic E-state index is 12.7. The quantitative estimate of drug-likeness (QED) is 0.545. The van der Waals surface area contributed by atoms with Gasteiger partial charge in [0.1, 0.15) is 5.75 Å². The van der Waals surface area contributed by atoms with Crippen LogP contribution >= 0.6 is 0 Å². The molecular weight excluding hydrogens is 332 g/mol. The van der Waals surface area contributed by atoms with Crippen molar-refractivity contribution in [1.82, 2.24) is 10.6 Å². The Morgan fingerprint density at radius 1 is 1.23 bits per heavy atom. The van der Waals surface area contributed by atoms with Crippen molar-refractivity contribution in [2.75, 3.05) is 6.61 Å². The second-order valence-corrected chi connectivity index (χ2v) is 6.47. The Bertz CT molecular complexity index is 682. The van der Waals surface area contributed by atoms with Gasteiger partial charge >= 0.3 is 12.0 Å². The molecule has 2 amide bonds. The number of carbonyl (C=O) groups is 2. The summed E-state index contributed by atoms with van der Waals surface area (Å²) in [6, 6.07) is 6.53. The van der Waals surface area contributed by atoms with E-state index < -0.39 is 12.0 Å². The summed E-state index contributed by atoms with van der Waals surface area (Å²) in [4.78, 5) is 24.9. The van der Waals surface area contributed by atoms with Gasteiger partial charge < -0.3 is 20.1 Å². The highest BCUT2D eigenvalue weighted by molar-refractivity contribution is 5.95. The Labute approximate surface area is 154 Å². The molecule has 0 spiro atoms. The van der Waals surface area contributed by atoms with E-state index in [9.17, 15) is 9.59 Å². The number of para-hydroxylation sites is 1. The largest absolute Gasteiger partial charge is 0.493 e. The van der Waals surface area contributed by atoms with Crippen LogP contribution in [-0.2, 0) is 9.53 Å². The van der Waals surface area contributed by atoms with E-state index in [1.54, 1.807) is 13.8 Å². The lowest BCUT2D eigenvalue weighted by atomic mass is 9.93. The number of unbranched alkanes of at least 4 members (excludes halogenated alkanes) is 1. The summed E-state index contributed by atoms with van der Waals surface area (Å²) >= 11 is 0. The molecule has 1 aromatic carbocycles. The smallest absolute Gasteiger partial charge is 0.338 e. The lowest BCUT2D eigenvalue weighted by molar-refractivity contribution is -0.143. The fraction of sp³-hybridized carbons (Fsp3) is 0.500. The van der Waals surface area contributed by atoms with E-state index in [2.05, 4.69) is 17.6 Å². The van der Waals surface area contributed by atoms with Crippen LogP contribution in [-0.4, -0.2) is 24.7 Å². The highest BCUT2D eigenvalue weighted by atomic mass is 16.5. The Balaban J connectivity index is 2.44. The third kappa shape index (κ3) is 4.77. The number of rotatable bonds is 8. The number of urea groups is 1. The zero-order chi connectivity index (χ0) is 19.1. The number of hydrogen-bond donors (Lipinski definition) is 2. The van der Waals surface area contributed by atoms with Gasteiger partial charge in [-0.2, -0.15) is 0 Å². The maximum atomic E-state index is 12.7. The van der Waals surface area contributed by atoms with Crippen LogP contribution in [0.3, 0.4) is 0 Å². The highest BCUT2D eigenvalue weighted by Gasteiger charge is 2.35. The number of amides is 2. The molecule has 0 aromatic heterocycles. The molecule has 0 fully saturated rings. The molecule has 26 heavy (non-hydrogen) atoms. The normalized spacial score (nSPS) is 17.0. The molecule has 0 radical (unpaired) electrons. The summed E-state index contributed by atoms with van der Waals surface area (Å²) in [6.07, 6.45) is 2.23. The Kier molecular flexibility index (Phi) is 7.06. The predicted octanol–water partition coefficient (Wildman–Crippen LogP) is 3.84. The Morgan fingerprint density at radius 2 is 1.96 bits per heavy atom. The first kappa shape index (κ1) is 19.8. The van der Waals surface area contributed by atoms with Gasteiger partial charge in [-0.3, -0.25) is 0 Å². The number of nitrogens with one attached hydrogen (secondary N) is 2. The van der Waals surface area contributed by atoms with Crippen molar-refractivity contribution in [2.24, 2.45) is 0 Å². The number of ether oxygens (including phenoxy) is 2. The molecule has 6 heteroatoms. The van der Waals surface area contributed by atoms with E-state index in [0.29, 0.717) is 30.0 Å². The number of hydrogen-bond acceptors (Lipinski definition) is 4. The first-order chi connectivity index (χ1) is 12.5. The van der Waals surface area contributed by atoms with Gasteiger partial charge in [0, 0.05) is 11.3 Å². The average Bonchev–Trinajstić information content (AvgIpc) is 2.60. The minimum atomic E-state index is -0.609. The first-order valence-electron chi connectivity index (χ1n) is 9.21.